The second-order valence-corrected chi connectivity index (χ2v) is 6.24. The number of halogens is 1. The zero-order chi connectivity index (χ0) is 19.4. The van der Waals surface area contributed by atoms with Gasteiger partial charge in [0.05, 0.1) is 25.6 Å². The zero-order valence-electron chi connectivity index (χ0n) is 15.0. The van der Waals surface area contributed by atoms with Crippen LogP contribution in [0.5, 0.6) is 11.5 Å². The van der Waals surface area contributed by atoms with Crippen LogP contribution in [0.3, 0.4) is 0 Å². The molecule has 3 aromatic rings. The van der Waals surface area contributed by atoms with Gasteiger partial charge in [0.25, 0.3) is 0 Å². The molecule has 0 bridgehead atoms. The Morgan fingerprint density at radius 1 is 0.963 bits per heavy atom. The van der Waals surface area contributed by atoms with Gasteiger partial charge in [0.1, 0.15) is 5.75 Å². The number of benzene rings is 3. The molecule has 0 fully saturated rings. The second-order valence-electron chi connectivity index (χ2n) is 5.81. The van der Waals surface area contributed by atoms with Crippen molar-refractivity contribution in [2.24, 2.45) is 0 Å². The Bertz CT molecular complexity index is 975. The number of ketones is 1. The lowest BCUT2D eigenvalue weighted by atomic mass is 10.0. The van der Waals surface area contributed by atoms with E-state index in [2.05, 4.69) is 5.32 Å². The van der Waals surface area contributed by atoms with Crippen LogP contribution < -0.4 is 20.5 Å². The van der Waals surface area contributed by atoms with Crippen LogP contribution in [0.2, 0.25) is 5.02 Å². The Hall–Kier alpha value is -3.18. The van der Waals surface area contributed by atoms with Gasteiger partial charge < -0.3 is 20.5 Å². The molecule has 0 spiro atoms. The van der Waals surface area contributed by atoms with Crippen LogP contribution in [-0.4, -0.2) is 20.0 Å². The highest BCUT2D eigenvalue weighted by Gasteiger charge is 2.17. The molecule has 0 saturated carbocycles. The molecule has 0 unspecified atom stereocenters. The highest BCUT2D eigenvalue weighted by Crippen LogP contribution is 2.38. The minimum absolute atomic E-state index is 0.143. The molecule has 0 aliphatic carbocycles. The van der Waals surface area contributed by atoms with Crippen molar-refractivity contribution in [1.29, 1.82) is 0 Å². The minimum atomic E-state index is -0.143. The number of carbonyl (C=O) groups excluding carboxylic acids is 1. The monoisotopic (exact) mass is 382 g/mol. The van der Waals surface area contributed by atoms with Crippen LogP contribution in [0.1, 0.15) is 15.9 Å². The summed E-state index contributed by atoms with van der Waals surface area (Å²) >= 11 is 6.14. The summed E-state index contributed by atoms with van der Waals surface area (Å²) in [5.41, 5.74) is 8.64. The van der Waals surface area contributed by atoms with Gasteiger partial charge in [-0.3, -0.25) is 4.79 Å². The van der Waals surface area contributed by atoms with Gasteiger partial charge in [-0.15, -0.1) is 0 Å². The largest absolute Gasteiger partial charge is 0.497 e. The van der Waals surface area contributed by atoms with E-state index in [4.69, 9.17) is 26.8 Å². The Labute approximate surface area is 162 Å². The van der Waals surface area contributed by atoms with Crippen molar-refractivity contribution in [1.82, 2.24) is 0 Å². The predicted octanol–water partition coefficient (Wildman–Crippen LogP) is 4.91. The topological polar surface area (TPSA) is 73.6 Å². The van der Waals surface area contributed by atoms with Crippen LogP contribution in [-0.2, 0) is 0 Å². The third kappa shape index (κ3) is 3.99. The summed E-state index contributed by atoms with van der Waals surface area (Å²) in [4.78, 5) is 13.0. The van der Waals surface area contributed by atoms with E-state index < -0.39 is 0 Å². The fraction of sp³-hybridized carbons (Fsp3) is 0.0952. The number of nitrogens with one attached hydrogen (secondary N) is 1. The van der Waals surface area contributed by atoms with Gasteiger partial charge in [-0.05, 0) is 18.2 Å². The Morgan fingerprint density at radius 2 is 1.70 bits per heavy atom. The maximum atomic E-state index is 13.0. The van der Waals surface area contributed by atoms with Gasteiger partial charge in [-0.2, -0.15) is 0 Å². The molecule has 138 valence electrons. The quantitative estimate of drug-likeness (QED) is 0.468. The second kappa shape index (κ2) is 8.01. The van der Waals surface area contributed by atoms with Gasteiger partial charge in [-0.25, -0.2) is 0 Å². The first kappa shape index (κ1) is 18.6. The number of hydrogen-bond donors (Lipinski definition) is 2. The number of nitrogens with two attached hydrogens (primary N) is 1. The van der Waals surface area contributed by atoms with Gasteiger partial charge in [-0.1, -0.05) is 41.9 Å². The molecule has 0 aliphatic heterocycles. The van der Waals surface area contributed by atoms with E-state index in [0.717, 1.165) is 0 Å². The molecule has 0 atom stereocenters. The van der Waals surface area contributed by atoms with Crippen molar-refractivity contribution in [3.8, 4) is 11.5 Å². The predicted molar refractivity (Wildman–Crippen MR) is 109 cm³/mol. The van der Waals surface area contributed by atoms with E-state index in [1.165, 1.54) is 7.11 Å². The fourth-order valence-corrected chi connectivity index (χ4v) is 2.94. The Morgan fingerprint density at radius 3 is 2.37 bits per heavy atom. The van der Waals surface area contributed by atoms with Gasteiger partial charge in [0.2, 0.25) is 0 Å². The average molecular weight is 383 g/mol. The van der Waals surface area contributed by atoms with Crippen molar-refractivity contribution in [3.05, 3.63) is 76.8 Å². The smallest absolute Gasteiger partial charge is 0.195 e. The molecule has 0 heterocycles. The summed E-state index contributed by atoms with van der Waals surface area (Å²) < 4.78 is 10.7. The Balaban J connectivity index is 2.07. The van der Waals surface area contributed by atoms with Gasteiger partial charge in [0, 0.05) is 34.0 Å². The maximum Gasteiger partial charge on any atom is 0.195 e. The van der Waals surface area contributed by atoms with Crippen molar-refractivity contribution in [2.75, 3.05) is 25.3 Å². The molecular formula is C21H19ClN2O3. The SMILES string of the molecule is COc1cc(N)c(OC)c(Nc2ccc(Cl)cc2C(=O)c2ccccc2)c1. The van der Waals surface area contributed by atoms with E-state index in [1.807, 2.05) is 18.2 Å². The molecular weight excluding hydrogens is 364 g/mol. The molecule has 0 amide bonds. The number of carbonyl (C=O) groups is 1. The highest BCUT2D eigenvalue weighted by atomic mass is 35.5. The summed E-state index contributed by atoms with van der Waals surface area (Å²) in [6.45, 7) is 0. The van der Waals surface area contributed by atoms with Crippen LogP contribution in [0, 0.1) is 0 Å². The van der Waals surface area contributed by atoms with E-state index >= 15 is 0 Å². The van der Waals surface area contributed by atoms with Gasteiger partial charge in [0.15, 0.2) is 11.5 Å². The molecule has 5 nitrogen and oxygen atoms in total. The molecule has 6 heteroatoms. The number of hydrogen-bond acceptors (Lipinski definition) is 5. The minimum Gasteiger partial charge on any atom is -0.497 e. The molecule has 0 saturated heterocycles. The first-order valence-electron chi connectivity index (χ1n) is 8.21. The molecule has 0 radical (unpaired) electrons. The lowest BCUT2D eigenvalue weighted by Crippen LogP contribution is -2.07. The van der Waals surface area contributed by atoms with Gasteiger partial charge >= 0.3 is 0 Å². The molecule has 0 aromatic heterocycles. The molecule has 27 heavy (non-hydrogen) atoms. The van der Waals surface area contributed by atoms with E-state index in [-0.39, 0.29) is 5.78 Å². The van der Waals surface area contributed by atoms with Crippen molar-refractivity contribution < 1.29 is 14.3 Å². The van der Waals surface area contributed by atoms with Crippen molar-refractivity contribution in [3.63, 3.8) is 0 Å². The summed E-state index contributed by atoms with van der Waals surface area (Å²) in [5, 5.41) is 3.69. The number of ether oxygens (including phenoxy) is 2. The standard InChI is InChI=1S/C21H19ClN2O3/c1-26-15-11-17(23)21(27-2)19(12-15)24-18-9-8-14(22)10-16(18)20(25)13-6-4-3-5-7-13/h3-12,24H,23H2,1-2H3. The van der Waals surface area contributed by atoms with Crippen molar-refractivity contribution >= 4 is 34.4 Å². The fourth-order valence-electron chi connectivity index (χ4n) is 2.77. The number of anilines is 3. The number of nitrogen functional groups attached to an aromatic ring is 1. The lowest BCUT2D eigenvalue weighted by Gasteiger charge is -2.17. The number of rotatable bonds is 6. The van der Waals surface area contributed by atoms with Crippen LogP contribution in [0.4, 0.5) is 17.1 Å². The summed E-state index contributed by atoms with van der Waals surface area (Å²) in [7, 11) is 3.08. The first-order chi connectivity index (χ1) is 13.0. The lowest BCUT2D eigenvalue weighted by molar-refractivity contribution is 0.103. The summed E-state index contributed by atoms with van der Waals surface area (Å²) in [6.07, 6.45) is 0. The molecule has 3 rings (SSSR count). The van der Waals surface area contributed by atoms with Crippen LogP contribution in [0.15, 0.2) is 60.7 Å². The molecule has 3 aromatic carbocycles. The van der Waals surface area contributed by atoms with E-state index in [1.54, 1.807) is 49.6 Å². The molecule has 3 N–H and O–H groups in total. The van der Waals surface area contributed by atoms with Crippen LogP contribution in [0.25, 0.3) is 0 Å². The summed E-state index contributed by atoms with van der Waals surface area (Å²) in [6, 6.07) is 17.5. The van der Waals surface area contributed by atoms with Crippen molar-refractivity contribution in [2.45, 2.75) is 0 Å². The Kier molecular flexibility index (Phi) is 5.52. The number of methoxy groups -OCH3 is 2. The highest BCUT2D eigenvalue weighted by molar-refractivity contribution is 6.31. The van der Waals surface area contributed by atoms with Crippen LogP contribution >= 0.6 is 11.6 Å². The zero-order valence-corrected chi connectivity index (χ0v) is 15.7. The van der Waals surface area contributed by atoms with E-state index in [9.17, 15) is 4.79 Å². The maximum absolute atomic E-state index is 13.0. The summed E-state index contributed by atoms with van der Waals surface area (Å²) in [5.74, 6) is 0.889. The third-order valence-electron chi connectivity index (χ3n) is 4.06. The average Bonchev–Trinajstić information content (AvgIpc) is 2.69. The molecule has 0 aliphatic rings. The first-order valence-corrected chi connectivity index (χ1v) is 8.59. The third-order valence-corrected chi connectivity index (χ3v) is 4.30. The van der Waals surface area contributed by atoms with E-state index in [0.29, 0.717) is 44.7 Å². The normalized spacial score (nSPS) is 10.3.